The molecule has 0 aliphatic heterocycles. The summed E-state index contributed by atoms with van der Waals surface area (Å²) in [6.45, 7) is 0.208. The van der Waals surface area contributed by atoms with E-state index in [0.717, 1.165) is 16.9 Å². The molecule has 0 saturated carbocycles. The SMILES string of the molecule is CN(CCc1ccncc1)C(=O)CNS(=O)(=O)c1ccc(Cl)s1. The third-order valence-electron chi connectivity index (χ3n) is 3.14. The van der Waals surface area contributed by atoms with Gasteiger partial charge in [-0.15, -0.1) is 11.3 Å². The molecule has 0 spiro atoms. The van der Waals surface area contributed by atoms with Gasteiger partial charge >= 0.3 is 0 Å². The van der Waals surface area contributed by atoms with Gasteiger partial charge in [-0.05, 0) is 36.2 Å². The summed E-state index contributed by atoms with van der Waals surface area (Å²) < 4.78 is 26.8. The van der Waals surface area contributed by atoms with Gasteiger partial charge in [0, 0.05) is 26.0 Å². The van der Waals surface area contributed by atoms with E-state index in [2.05, 4.69) is 9.71 Å². The standard InChI is InChI=1S/C14H16ClN3O3S2/c1-18(9-6-11-4-7-16-8-5-11)13(19)10-17-23(20,21)14-3-2-12(15)22-14/h2-5,7-8,17H,6,9-10H2,1H3. The van der Waals surface area contributed by atoms with Gasteiger partial charge in [0.05, 0.1) is 10.9 Å². The third kappa shape index (κ3) is 5.28. The summed E-state index contributed by atoms with van der Waals surface area (Å²) in [5.74, 6) is -0.301. The Labute approximate surface area is 144 Å². The van der Waals surface area contributed by atoms with Crippen LogP contribution in [0.4, 0.5) is 0 Å². The minimum atomic E-state index is -3.71. The number of hydrogen-bond acceptors (Lipinski definition) is 5. The smallest absolute Gasteiger partial charge is 0.250 e. The van der Waals surface area contributed by atoms with Crippen molar-refractivity contribution in [1.82, 2.24) is 14.6 Å². The highest BCUT2D eigenvalue weighted by Crippen LogP contribution is 2.25. The molecule has 124 valence electrons. The molecule has 2 aromatic heterocycles. The summed E-state index contributed by atoms with van der Waals surface area (Å²) in [5, 5.41) is 0. The van der Waals surface area contributed by atoms with E-state index < -0.39 is 10.0 Å². The van der Waals surface area contributed by atoms with Crippen molar-refractivity contribution in [1.29, 1.82) is 0 Å². The topological polar surface area (TPSA) is 79.4 Å². The molecule has 2 aromatic rings. The monoisotopic (exact) mass is 373 g/mol. The lowest BCUT2D eigenvalue weighted by atomic mass is 10.2. The van der Waals surface area contributed by atoms with Crippen LogP contribution in [0.25, 0.3) is 0 Å². The predicted molar refractivity (Wildman–Crippen MR) is 90.1 cm³/mol. The largest absolute Gasteiger partial charge is 0.344 e. The number of thiophene rings is 1. The van der Waals surface area contributed by atoms with E-state index in [1.54, 1.807) is 19.4 Å². The van der Waals surface area contributed by atoms with E-state index in [0.29, 0.717) is 17.3 Å². The zero-order valence-corrected chi connectivity index (χ0v) is 14.8. The summed E-state index contributed by atoms with van der Waals surface area (Å²) in [4.78, 5) is 17.4. The zero-order valence-electron chi connectivity index (χ0n) is 12.4. The first-order chi connectivity index (χ1) is 10.9. The van der Waals surface area contributed by atoms with E-state index >= 15 is 0 Å². The van der Waals surface area contributed by atoms with Crippen molar-refractivity contribution in [2.24, 2.45) is 0 Å². The number of carbonyl (C=O) groups excluding carboxylic acids is 1. The quantitative estimate of drug-likeness (QED) is 0.802. The van der Waals surface area contributed by atoms with Crippen LogP contribution in [0.5, 0.6) is 0 Å². The molecule has 9 heteroatoms. The molecule has 2 rings (SSSR count). The summed E-state index contributed by atoms with van der Waals surface area (Å²) in [6.07, 6.45) is 4.06. The van der Waals surface area contributed by atoms with Gasteiger partial charge in [-0.2, -0.15) is 0 Å². The van der Waals surface area contributed by atoms with Gasteiger partial charge < -0.3 is 4.90 Å². The first-order valence-electron chi connectivity index (χ1n) is 6.76. The number of halogens is 1. The van der Waals surface area contributed by atoms with E-state index in [1.165, 1.54) is 17.0 Å². The molecular formula is C14H16ClN3O3S2. The van der Waals surface area contributed by atoms with Crippen LogP contribution >= 0.6 is 22.9 Å². The summed E-state index contributed by atoms with van der Waals surface area (Å²) in [6, 6.07) is 6.67. The Morgan fingerprint density at radius 3 is 2.61 bits per heavy atom. The number of pyridine rings is 1. The number of hydrogen-bond donors (Lipinski definition) is 1. The fourth-order valence-electron chi connectivity index (χ4n) is 1.78. The molecule has 0 unspecified atom stereocenters. The average Bonchev–Trinajstić information content (AvgIpc) is 2.99. The molecule has 0 bridgehead atoms. The molecule has 2 heterocycles. The molecule has 0 aliphatic carbocycles. The highest BCUT2D eigenvalue weighted by atomic mass is 35.5. The number of sulfonamides is 1. The summed E-state index contributed by atoms with van der Waals surface area (Å²) in [7, 11) is -2.07. The number of nitrogens with zero attached hydrogens (tertiary/aromatic N) is 2. The fraction of sp³-hybridized carbons (Fsp3) is 0.286. The van der Waals surface area contributed by atoms with Crippen molar-refractivity contribution in [3.8, 4) is 0 Å². The molecule has 0 radical (unpaired) electrons. The lowest BCUT2D eigenvalue weighted by Crippen LogP contribution is -2.38. The summed E-state index contributed by atoms with van der Waals surface area (Å²) in [5.41, 5.74) is 1.06. The van der Waals surface area contributed by atoms with Crippen LogP contribution in [-0.2, 0) is 21.2 Å². The van der Waals surface area contributed by atoms with E-state index in [1.807, 2.05) is 12.1 Å². The highest BCUT2D eigenvalue weighted by molar-refractivity contribution is 7.91. The first-order valence-corrected chi connectivity index (χ1v) is 9.44. The molecule has 0 saturated heterocycles. The van der Waals surface area contributed by atoms with Crippen molar-refractivity contribution in [3.05, 3.63) is 46.6 Å². The molecule has 0 atom stereocenters. The van der Waals surface area contributed by atoms with Gasteiger partial charge in [0.15, 0.2) is 0 Å². The van der Waals surface area contributed by atoms with Crippen molar-refractivity contribution >= 4 is 38.9 Å². The van der Waals surface area contributed by atoms with Gasteiger partial charge in [-0.3, -0.25) is 9.78 Å². The summed E-state index contributed by atoms with van der Waals surface area (Å²) >= 11 is 6.67. The molecule has 23 heavy (non-hydrogen) atoms. The van der Waals surface area contributed by atoms with Gasteiger partial charge in [0.25, 0.3) is 10.0 Å². The Morgan fingerprint density at radius 2 is 2.00 bits per heavy atom. The molecular weight excluding hydrogens is 358 g/mol. The fourth-order valence-corrected chi connectivity index (χ4v) is 4.28. The molecule has 1 amide bonds. The number of carbonyl (C=O) groups is 1. The van der Waals surface area contributed by atoms with E-state index in [-0.39, 0.29) is 16.7 Å². The van der Waals surface area contributed by atoms with Gasteiger partial charge in [-0.1, -0.05) is 11.6 Å². The maximum absolute atomic E-state index is 12.0. The number of likely N-dealkylation sites (N-methyl/N-ethyl adjacent to an activating group) is 1. The molecule has 0 fully saturated rings. The Kier molecular flexibility index (Phi) is 6.11. The Hall–Kier alpha value is -1.48. The van der Waals surface area contributed by atoms with Crippen molar-refractivity contribution in [3.63, 3.8) is 0 Å². The van der Waals surface area contributed by atoms with E-state index in [4.69, 9.17) is 11.6 Å². The Bertz CT molecular complexity index is 763. The lowest BCUT2D eigenvalue weighted by Gasteiger charge is -2.17. The first kappa shape index (κ1) is 17.9. The zero-order chi connectivity index (χ0) is 16.9. The van der Waals surface area contributed by atoms with Crippen LogP contribution in [0.2, 0.25) is 4.34 Å². The number of nitrogens with one attached hydrogen (secondary N) is 1. The van der Waals surface area contributed by atoms with Crippen LogP contribution in [0.15, 0.2) is 40.9 Å². The molecule has 0 aliphatic rings. The van der Waals surface area contributed by atoms with Crippen molar-refractivity contribution in [2.45, 2.75) is 10.6 Å². The molecule has 6 nitrogen and oxygen atoms in total. The van der Waals surface area contributed by atoms with Gasteiger partial charge in [0.1, 0.15) is 4.21 Å². The van der Waals surface area contributed by atoms with Crippen molar-refractivity contribution in [2.75, 3.05) is 20.1 Å². The van der Waals surface area contributed by atoms with Crippen LogP contribution < -0.4 is 4.72 Å². The lowest BCUT2D eigenvalue weighted by molar-refractivity contribution is -0.128. The Morgan fingerprint density at radius 1 is 1.30 bits per heavy atom. The minimum absolute atomic E-state index is 0.0924. The second-order valence-corrected chi connectivity index (χ2v) is 8.51. The van der Waals surface area contributed by atoms with Crippen LogP contribution in [0.3, 0.4) is 0 Å². The van der Waals surface area contributed by atoms with Crippen molar-refractivity contribution < 1.29 is 13.2 Å². The third-order valence-corrected chi connectivity index (χ3v) is 6.26. The Balaban J connectivity index is 1.84. The van der Waals surface area contributed by atoms with Gasteiger partial charge in [-0.25, -0.2) is 13.1 Å². The second-order valence-electron chi connectivity index (χ2n) is 4.80. The number of aromatic nitrogens is 1. The second kappa shape index (κ2) is 7.87. The van der Waals surface area contributed by atoms with Crippen LogP contribution in [0, 0.1) is 0 Å². The normalized spacial score (nSPS) is 11.4. The maximum Gasteiger partial charge on any atom is 0.250 e. The van der Waals surface area contributed by atoms with Gasteiger partial charge in [0.2, 0.25) is 5.91 Å². The number of rotatable bonds is 7. The minimum Gasteiger partial charge on any atom is -0.344 e. The number of amides is 1. The molecule has 1 N–H and O–H groups in total. The molecule has 0 aromatic carbocycles. The van der Waals surface area contributed by atoms with Crippen LogP contribution in [0.1, 0.15) is 5.56 Å². The predicted octanol–water partition coefficient (Wildman–Crippen LogP) is 1.78. The average molecular weight is 374 g/mol. The maximum atomic E-state index is 12.0. The highest BCUT2D eigenvalue weighted by Gasteiger charge is 2.19. The van der Waals surface area contributed by atoms with E-state index in [9.17, 15) is 13.2 Å². The van der Waals surface area contributed by atoms with Crippen LogP contribution in [-0.4, -0.2) is 44.3 Å².